The van der Waals surface area contributed by atoms with Crippen molar-refractivity contribution in [2.75, 3.05) is 0 Å². The molecule has 0 spiro atoms. The van der Waals surface area contributed by atoms with Crippen LogP contribution >= 0.6 is 0 Å². The summed E-state index contributed by atoms with van der Waals surface area (Å²) in [6, 6.07) is 2.50. The topological polar surface area (TPSA) is 23.8 Å². The second-order valence-corrected chi connectivity index (χ2v) is 6.29. The molecule has 0 aromatic heterocycles. The molecule has 0 amide bonds. The van der Waals surface area contributed by atoms with E-state index in [0.29, 0.717) is 0 Å². The maximum Gasteiger partial charge on any atom is 0.0686 e. The SMILES string of the molecule is CC1CC[C](C2CCC(C)(C#N)CC2)CC1. The fourth-order valence-corrected chi connectivity index (χ4v) is 3.32. The molecule has 0 saturated heterocycles. The zero-order chi connectivity index (χ0) is 11.6. The second-order valence-electron chi connectivity index (χ2n) is 6.29. The Morgan fingerprint density at radius 1 is 1.12 bits per heavy atom. The summed E-state index contributed by atoms with van der Waals surface area (Å²) in [4.78, 5) is 0. The van der Waals surface area contributed by atoms with Gasteiger partial charge in [0.25, 0.3) is 0 Å². The summed E-state index contributed by atoms with van der Waals surface area (Å²) in [5.74, 6) is 3.63. The molecule has 1 nitrogen and oxygen atoms in total. The van der Waals surface area contributed by atoms with Gasteiger partial charge in [-0.25, -0.2) is 0 Å². The zero-order valence-electron chi connectivity index (χ0n) is 10.8. The molecular weight excluding hydrogens is 194 g/mol. The summed E-state index contributed by atoms with van der Waals surface area (Å²) in [6.07, 6.45) is 10.3. The lowest BCUT2D eigenvalue weighted by Crippen LogP contribution is -2.28. The first-order valence-electron chi connectivity index (χ1n) is 6.89. The second kappa shape index (κ2) is 4.78. The van der Waals surface area contributed by atoms with Crippen molar-refractivity contribution >= 4 is 0 Å². The molecule has 89 valence electrons. The molecule has 2 saturated carbocycles. The lowest BCUT2D eigenvalue weighted by molar-refractivity contribution is 0.213. The van der Waals surface area contributed by atoms with E-state index in [1.807, 2.05) is 5.92 Å². The minimum atomic E-state index is -0.0149. The summed E-state index contributed by atoms with van der Waals surface area (Å²) < 4.78 is 0. The first-order valence-corrected chi connectivity index (χ1v) is 6.89. The third kappa shape index (κ3) is 2.59. The van der Waals surface area contributed by atoms with Gasteiger partial charge in [-0.2, -0.15) is 5.26 Å². The Labute approximate surface area is 100 Å². The van der Waals surface area contributed by atoms with E-state index in [4.69, 9.17) is 5.26 Å². The molecule has 1 radical (unpaired) electrons. The van der Waals surface area contributed by atoms with Crippen LogP contribution in [0.3, 0.4) is 0 Å². The standard InChI is InChI=1S/C15H24N/c1-12-3-5-13(6-4-12)14-7-9-15(2,11-16)10-8-14/h12,14H,3-10H2,1-2H3. The first-order chi connectivity index (χ1) is 7.63. The van der Waals surface area contributed by atoms with Crippen molar-refractivity contribution in [1.29, 1.82) is 5.26 Å². The van der Waals surface area contributed by atoms with E-state index in [1.165, 1.54) is 38.5 Å². The monoisotopic (exact) mass is 218 g/mol. The van der Waals surface area contributed by atoms with Crippen LogP contribution in [-0.4, -0.2) is 0 Å². The van der Waals surface area contributed by atoms with Gasteiger partial charge in [0.1, 0.15) is 0 Å². The van der Waals surface area contributed by atoms with Crippen molar-refractivity contribution in [1.82, 2.24) is 0 Å². The summed E-state index contributed by atoms with van der Waals surface area (Å²) >= 11 is 0. The molecule has 16 heavy (non-hydrogen) atoms. The summed E-state index contributed by atoms with van der Waals surface area (Å²) in [6.45, 7) is 4.52. The lowest BCUT2D eigenvalue weighted by atomic mass is 9.66. The van der Waals surface area contributed by atoms with Gasteiger partial charge in [-0.1, -0.05) is 19.8 Å². The molecule has 2 aliphatic carbocycles. The molecule has 0 heterocycles. The van der Waals surface area contributed by atoms with Crippen LogP contribution in [0.4, 0.5) is 0 Å². The van der Waals surface area contributed by atoms with Crippen molar-refractivity contribution in [3.05, 3.63) is 5.92 Å². The number of rotatable bonds is 1. The summed E-state index contributed by atoms with van der Waals surface area (Å²) in [5.41, 5.74) is -0.0149. The minimum Gasteiger partial charge on any atom is -0.198 e. The lowest BCUT2D eigenvalue weighted by Gasteiger charge is -2.38. The minimum absolute atomic E-state index is 0.0149. The van der Waals surface area contributed by atoms with E-state index in [0.717, 1.165) is 24.7 Å². The highest BCUT2D eigenvalue weighted by Gasteiger charge is 2.35. The average Bonchev–Trinajstić information content (AvgIpc) is 2.32. The number of nitriles is 1. The maximum absolute atomic E-state index is 9.12. The Morgan fingerprint density at radius 2 is 1.69 bits per heavy atom. The third-order valence-electron chi connectivity index (χ3n) is 4.85. The quantitative estimate of drug-likeness (QED) is 0.636. The van der Waals surface area contributed by atoms with Crippen LogP contribution in [0.5, 0.6) is 0 Å². The van der Waals surface area contributed by atoms with Gasteiger partial charge in [-0.3, -0.25) is 0 Å². The highest BCUT2D eigenvalue weighted by molar-refractivity contribution is 5.06. The van der Waals surface area contributed by atoms with Crippen LogP contribution in [0.1, 0.15) is 65.2 Å². The van der Waals surface area contributed by atoms with Crippen LogP contribution < -0.4 is 0 Å². The van der Waals surface area contributed by atoms with Crippen molar-refractivity contribution in [2.45, 2.75) is 65.2 Å². The van der Waals surface area contributed by atoms with Gasteiger partial charge >= 0.3 is 0 Å². The van der Waals surface area contributed by atoms with Crippen LogP contribution in [0.2, 0.25) is 0 Å². The molecule has 0 aromatic rings. The average molecular weight is 218 g/mol. The van der Waals surface area contributed by atoms with Crippen molar-refractivity contribution in [3.63, 3.8) is 0 Å². The van der Waals surface area contributed by atoms with Gasteiger partial charge in [-0.05, 0) is 63.2 Å². The van der Waals surface area contributed by atoms with Crippen molar-refractivity contribution in [3.8, 4) is 6.07 Å². The molecule has 0 bridgehead atoms. The number of nitrogens with zero attached hydrogens (tertiary/aromatic N) is 1. The molecular formula is C15H24N. The Balaban J connectivity index is 1.83. The molecule has 2 fully saturated rings. The van der Waals surface area contributed by atoms with E-state index in [-0.39, 0.29) is 5.41 Å². The number of hydrogen-bond acceptors (Lipinski definition) is 1. The van der Waals surface area contributed by atoms with Gasteiger partial charge < -0.3 is 0 Å². The normalized spacial score (nSPS) is 38.2. The van der Waals surface area contributed by atoms with Gasteiger partial charge in [0.15, 0.2) is 0 Å². The zero-order valence-corrected chi connectivity index (χ0v) is 10.8. The fraction of sp³-hybridized carbons (Fsp3) is 0.867. The Morgan fingerprint density at radius 3 is 2.19 bits per heavy atom. The van der Waals surface area contributed by atoms with Crippen LogP contribution in [0, 0.1) is 34.5 Å². The maximum atomic E-state index is 9.12. The van der Waals surface area contributed by atoms with E-state index in [9.17, 15) is 0 Å². The summed E-state index contributed by atoms with van der Waals surface area (Å²) in [7, 11) is 0. The molecule has 0 atom stereocenters. The predicted molar refractivity (Wildman–Crippen MR) is 66.6 cm³/mol. The molecule has 0 N–H and O–H groups in total. The Hall–Kier alpha value is -0.510. The van der Waals surface area contributed by atoms with Gasteiger partial charge in [0, 0.05) is 0 Å². The van der Waals surface area contributed by atoms with Gasteiger partial charge in [-0.15, -0.1) is 0 Å². The van der Waals surface area contributed by atoms with E-state index >= 15 is 0 Å². The highest BCUT2D eigenvalue weighted by Crippen LogP contribution is 2.46. The van der Waals surface area contributed by atoms with Gasteiger partial charge in [0.2, 0.25) is 0 Å². The fourth-order valence-electron chi connectivity index (χ4n) is 3.32. The van der Waals surface area contributed by atoms with Crippen molar-refractivity contribution in [2.24, 2.45) is 17.3 Å². The molecule has 2 rings (SSSR count). The Bertz CT molecular complexity index is 260. The van der Waals surface area contributed by atoms with Crippen LogP contribution in [0.15, 0.2) is 0 Å². The van der Waals surface area contributed by atoms with E-state index in [1.54, 1.807) is 0 Å². The molecule has 0 aliphatic heterocycles. The van der Waals surface area contributed by atoms with Crippen LogP contribution in [0.25, 0.3) is 0 Å². The molecule has 1 heteroatoms. The molecule has 2 aliphatic rings. The molecule has 0 aromatic carbocycles. The van der Waals surface area contributed by atoms with Gasteiger partial charge in [0.05, 0.1) is 11.5 Å². The van der Waals surface area contributed by atoms with E-state index in [2.05, 4.69) is 19.9 Å². The largest absolute Gasteiger partial charge is 0.198 e. The highest BCUT2D eigenvalue weighted by atomic mass is 14.4. The first kappa shape index (κ1) is 12.0. The predicted octanol–water partition coefficient (Wildman–Crippen LogP) is 4.49. The van der Waals surface area contributed by atoms with E-state index < -0.39 is 0 Å². The Kier molecular flexibility index (Phi) is 3.57. The molecule has 0 unspecified atom stereocenters. The summed E-state index contributed by atoms with van der Waals surface area (Å²) in [5, 5.41) is 9.12. The third-order valence-corrected chi connectivity index (χ3v) is 4.85. The number of hydrogen-bond donors (Lipinski definition) is 0. The smallest absolute Gasteiger partial charge is 0.0686 e. The van der Waals surface area contributed by atoms with Crippen molar-refractivity contribution < 1.29 is 0 Å². The van der Waals surface area contributed by atoms with Crippen LogP contribution in [-0.2, 0) is 0 Å².